The van der Waals surface area contributed by atoms with Crippen LogP contribution < -0.4 is 5.43 Å². The molecule has 104 valence electrons. The van der Waals surface area contributed by atoms with E-state index in [9.17, 15) is 28.5 Å². The molecule has 0 radical (unpaired) electrons. The topological polar surface area (TPSA) is 102 Å². The number of aromatic nitrogens is 1. The fourth-order valence-electron chi connectivity index (χ4n) is 1.43. The number of esters is 1. The SMILES string of the molecule is CCOC(=O)Cc1cc(=O)c(C(F)F)c([N+](=O)[O-])[nH]1. The maximum Gasteiger partial charge on any atom is 0.333 e. The summed E-state index contributed by atoms with van der Waals surface area (Å²) in [7, 11) is 0. The first-order valence-corrected chi connectivity index (χ1v) is 5.21. The van der Waals surface area contributed by atoms with Gasteiger partial charge in [0.1, 0.15) is 12.1 Å². The van der Waals surface area contributed by atoms with Crippen LogP contribution in [0.2, 0.25) is 0 Å². The van der Waals surface area contributed by atoms with Crippen molar-refractivity contribution in [1.29, 1.82) is 0 Å². The van der Waals surface area contributed by atoms with Gasteiger partial charge in [-0.25, -0.2) is 13.8 Å². The molecule has 1 aromatic heterocycles. The Labute approximate surface area is 105 Å². The lowest BCUT2D eigenvalue weighted by molar-refractivity contribution is -0.391. The minimum atomic E-state index is -3.28. The molecule has 1 rings (SSSR count). The summed E-state index contributed by atoms with van der Waals surface area (Å²) < 4.78 is 29.7. The molecule has 0 aliphatic carbocycles. The van der Waals surface area contributed by atoms with Crippen molar-refractivity contribution in [2.75, 3.05) is 6.61 Å². The summed E-state index contributed by atoms with van der Waals surface area (Å²) in [4.78, 5) is 34.1. The standard InChI is InChI=1S/C10H10F2N2O5/c1-2-19-7(16)4-5-3-6(15)8(9(11)12)10(13-5)14(17)18/h3,9H,2,4H2,1H3,(H,13,15). The van der Waals surface area contributed by atoms with Gasteiger partial charge in [0.2, 0.25) is 0 Å². The number of nitro groups is 1. The minimum absolute atomic E-state index is 0.0975. The molecule has 0 aliphatic heterocycles. The zero-order valence-corrected chi connectivity index (χ0v) is 9.81. The van der Waals surface area contributed by atoms with Gasteiger partial charge in [-0.05, 0) is 11.8 Å². The summed E-state index contributed by atoms with van der Waals surface area (Å²) in [6.07, 6.45) is -3.71. The Bertz CT molecular complexity index is 555. The van der Waals surface area contributed by atoms with E-state index in [0.29, 0.717) is 0 Å². The third-order valence-electron chi connectivity index (χ3n) is 2.15. The minimum Gasteiger partial charge on any atom is -0.466 e. The Kier molecular flexibility index (Phi) is 4.67. The van der Waals surface area contributed by atoms with Gasteiger partial charge in [0.25, 0.3) is 6.43 Å². The molecule has 0 fully saturated rings. The third kappa shape index (κ3) is 3.57. The second-order valence-corrected chi connectivity index (χ2v) is 3.46. The number of carbonyl (C=O) groups excluding carboxylic acids is 1. The molecule has 0 aliphatic rings. The molecule has 19 heavy (non-hydrogen) atoms. The van der Waals surface area contributed by atoms with E-state index in [-0.39, 0.29) is 12.3 Å². The average molecular weight is 276 g/mol. The van der Waals surface area contributed by atoms with E-state index in [1.54, 1.807) is 6.92 Å². The summed E-state index contributed by atoms with van der Waals surface area (Å²) in [6.45, 7) is 1.66. The number of rotatable bonds is 5. The van der Waals surface area contributed by atoms with E-state index in [4.69, 9.17) is 0 Å². The number of alkyl halides is 2. The predicted octanol–water partition coefficient (Wildman–Crippen LogP) is 1.33. The molecule has 7 nitrogen and oxygen atoms in total. The number of carbonyl (C=O) groups is 1. The van der Waals surface area contributed by atoms with Crippen LogP contribution in [0.4, 0.5) is 14.6 Å². The third-order valence-corrected chi connectivity index (χ3v) is 2.15. The lowest BCUT2D eigenvalue weighted by Gasteiger charge is -2.05. The van der Waals surface area contributed by atoms with Crippen LogP contribution >= 0.6 is 0 Å². The Morgan fingerprint density at radius 3 is 2.68 bits per heavy atom. The van der Waals surface area contributed by atoms with Gasteiger partial charge in [0, 0.05) is 6.07 Å². The van der Waals surface area contributed by atoms with Gasteiger partial charge in [-0.2, -0.15) is 0 Å². The first-order chi connectivity index (χ1) is 8.86. The normalized spacial score (nSPS) is 10.5. The molecule has 9 heteroatoms. The maximum atomic E-state index is 12.5. The van der Waals surface area contributed by atoms with Crippen molar-refractivity contribution in [3.05, 3.63) is 37.7 Å². The van der Waals surface area contributed by atoms with Gasteiger partial charge in [-0.3, -0.25) is 9.59 Å². The molecular formula is C10H10F2N2O5. The number of pyridine rings is 1. The lowest BCUT2D eigenvalue weighted by atomic mass is 10.2. The van der Waals surface area contributed by atoms with Crippen LogP contribution in [0.25, 0.3) is 0 Å². The highest BCUT2D eigenvalue weighted by Gasteiger charge is 2.26. The molecule has 0 spiro atoms. The first kappa shape index (κ1) is 14.7. The monoisotopic (exact) mass is 276 g/mol. The van der Waals surface area contributed by atoms with Gasteiger partial charge in [0.05, 0.1) is 6.61 Å². The zero-order valence-electron chi connectivity index (χ0n) is 9.81. The number of hydrogen-bond donors (Lipinski definition) is 1. The largest absolute Gasteiger partial charge is 0.466 e. The van der Waals surface area contributed by atoms with Crippen LogP contribution in [0.1, 0.15) is 24.6 Å². The molecule has 0 amide bonds. The summed E-state index contributed by atoms with van der Waals surface area (Å²) in [5.41, 5.74) is -2.57. The Morgan fingerprint density at radius 1 is 1.58 bits per heavy atom. The summed E-state index contributed by atoms with van der Waals surface area (Å²) in [5, 5.41) is 10.6. The molecule has 0 aromatic carbocycles. The van der Waals surface area contributed by atoms with Gasteiger partial charge >= 0.3 is 11.8 Å². The number of ether oxygens (including phenoxy) is 1. The van der Waals surface area contributed by atoms with Crippen molar-refractivity contribution in [2.24, 2.45) is 0 Å². The number of halogens is 2. The Hall–Kier alpha value is -2.32. The highest BCUT2D eigenvalue weighted by molar-refractivity contribution is 5.72. The quantitative estimate of drug-likeness (QED) is 0.496. The number of aromatic amines is 1. The van der Waals surface area contributed by atoms with Gasteiger partial charge in [-0.1, -0.05) is 0 Å². The van der Waals surface area contributed by atoms with Crippen molar-refractivity contribution in [3.63, 3.8) is 0 Å². The molecular weight excluding hydrogens is 266 g/mol. The fraction of sp³-hybridized carbons (Fsp3) is 0.400. The Morgan fingerprint density at radius 2 is 2.21 bits per heavy atom. The number of nitrogens with one attached hydrogen (secondary N) is 1. The molecule has 1 N–H and O–H groups in total. The van der Waals surface area contributed by atoms with Crippen LogP contribution in [0.15, 0.2) is 10.9 Å². The second-order valence-electron chi connectivity index (χ2n) is 3.46. The maximum absolute atomic E-state index is 12.5. The van der Waals surface area contributed by atoms with Crippen LogP contribution in [-0.2, 0) is 16.0 Å². The van der Waals surface area contributed by atoms with E-state index in [1.165, 1.54) is 0 Å². The van der Waals surface area contributed by atoms with Crippen LogP contribution in [0.5, 0.6) is 0 Å². The highest BCUT2D eigenvalue weighted by atomic mass is 19.3. The van der Waals surface area contributed by atoms with Crippen LogP contribution in [-0.4, -0.2) is 22.5 Å². The number of hydrogen-bond acceptors (Lipinski definition) is 5. The van der Waals surface area contributed by atoms with E-state index >= 15 is 0 Å². The average Bonchev–Trinajstić information content (AvgIpc) is 2.27. The molecule has 0 bridgehead atoms. The van der Waals surface area contributed by atoms with Crippen molar-refractivity contribution in [2.45, 2.75) is 19.8 Å². The molecule has 0 atom stereocenters. The first-order valence-electron chi connectivity index (χ1n) is 5.21. The van der Waals surface area contributed by atoms with E-state index < -0.39 is 40.5 Å². The molecule has 0 saturated carbocycles. The van der Waals surface area contributed by atoms with Gasteiger partial charge < -0.3 is 14.9 Å². The lowest BCUT2D eigenvalue weighted by Crippen LogP contribution is -2.17. The summed E-state index contributed by atoms with van der Waals surface area (Å²) in [5.74, 6) is -1.83. The van der Waals surface area contributed by atoms with Crippen LogP contribution in [0, 0.1) is 10.1 Å². The number of H-pyrrole nitrogens is 1. The molecule has 0 saturated heterocycles. The van der Waals surface area contributed by atoms with Crippen molar-refractivity contribution in [1.82, 2.24) is 4.98 Å². The molecule has 0 unspecified atom stereocenters. The van der Waals surface area contributed by atoms with E-state index in [1.807, 2.05) is 4.98 Å². The number of nitrogens with zero attached hydrogens (tertiary/aromatic N) is 1. The molecule has 1 aromatic rings. The smallest absolute Gasteiger partial charge is 0.333 e. The van der Waals surface area contributed by atoms with Crippen molar-refractivity contribution < 1.29 is 23.2 Å². The predicted molar refractivity (Wildman–Crippen MR) is 59.0 cm³/mol. The highest BCUT2D eigenvalue weighted by Crippen LogP contribution is 2.23. The van der Waals surface area contributed by atoms with Crippen molar-refractivity contribution in [3.8, 4) is 0 Å². The summed E-state index contributed by atoms with van der Waals surface area (Å²) >= 11 is 0. The van der Waals surface area contributed by atoms with E-state index in [2.05, 4.69) is 4.74 Å². The van der Waals surface area contributed by atoms with E-state index in [0.717, 1.165) is 6.07 Å². The molecule has 1 heterocycles. The fourth-order valence-corrected chi connectivity index (χ4v) is 1.43. The Balaban J connectivity index is 3.21. The van der Waals surface area contributed by atoms with Crippen LogP contribution in [0.3, 0.4) is 0 Å². The van der Waals surface area contributed by atoms with Gasteiger partial charge in [-0.15, -0.1) is 0 Å². The van der Waals surface area contributed by atoms with Crippen molar-refractivity contribution >= 4 is 11.8 Å². The van der Waals surface area contributed by atoms with Gasteiger partial charge in [0.15, 0.2) is 11.0 Å². The summed E-state index contributed by atoms with van der Waals surface area (Å²) in [6, 6.07) is 0.728. The zero-order chi connectivity index (χ0) is 14.6. The second kappa shape index (κ2) is 6.03.